The summed E-state index contributed by atoms with van der Waals surface area (Å²) < 4.78 is 32.1. The van der Waals surface area contributed by atoms with Crippen molar-refractivity contribution in [3.8, 4) is 0 Å². The van der Waals surface area contributed by atoms with E-state index in [9.17, 15) is 18.0 Å². The second-order valence-corrected chi connectivity index (χ2v) is 10.7. The van der Waals surface area contributed by atoms with Crippen molar-refractivity contribution in [3.05, 3.63) is 39.9 Å². The van der Waals surface area contributed by atoms with Crippen LogP contribution in [0.25, 0.3) is 0 Å². The van der Waals surface area contributed by atoms with Crippen LogP contribution >= 0.6 is 22.9 Å². The van der Waals surface area contributed by atoms with Crippen LogP contribution in [0.5, 0.6) is 0 Å². The van der Waals surface area contributed by atoms with E-state index < -0.39 is 28.1 Å². The van der Waals surface area contributed by atoms with Crippen LogP contribution in [0.3, 0.4) is 0 Å². The largest absolute Gasteiger partial charge is 0.453 e. The third-order valence-electron chi connectivity index (χ3n) is 5.32. The zero-order chi connectivity index (χ0) is 22.2. The molecule has 1 fully saturated rings. The summed E-state index contributed by atoms with van der Waals surface area (Å²) in [7, 11) is -2.49. The molecule has 2 amide bonds. The van der Waals surface area contributed by atoms with Gasteiger partial charge in [0.15, 0.2) is 5.13 Å². The smallest absolute Gasteiger partial charge is 0.409 e. The Balaban J connectivity index is 1.48. The second-order valence-electron chi connectivity index (χ2n) is 7.25. The van der Waals surface area contributed by atoms with E-state index in [-0.39, 0.29) is 11.4 Å². The molecule has 2 aliphatic rings. The van der Waals surface area contributed by atoms with E-state index in [2.05, 4.69) is 10.3 Å². The van der Waals surface area contributed by atoms with Gasteiger partial charge in [-0.05, 0) is 37.1 Å². The molecule has 1 N–H and O–H groups in total. The van der Waals surface area contributed by atoms with Gasteiger partial charge < -0.3 is 15.0 Å². The molecule has 12 heteroatoms. The normalized spacial score (nSPS) is 19.2. The molecule has 166 valence electrons. The maximum atomic E-state index is 13.0. The van der Waals surface area contributed by atoms with Crippen molar-refractivity contribution in [1.29, 1.82) is 0 Å². The van der Waals surface area contributed by atoms with Gasteiger partial charge in [-0.2, -0.15) is 4.31 Å². The standard InChI is InChI=1S/C19H21ClN4O5S2/c1-29-19(26)23-10-8-14-16(11-23)30-18(21-14)22-17(25)15-3-2-9-24(15)31(27,28)13-6-4-12(20)5-7-13/h4-7,15H,2-3,8-11H2,1H3,(H,21,22,25). The number of fused-ring (bicyclic) bond motifs is 1. The molecule has 0 spiro atoms. The first kappa shape index (κ1) is 22.0. The molecular weight excluding hydrogens is 464 g/mol. The van der Waals surface area contributed by atoms with Gasteiger partial charge in [-0.15, -0.1) is 0 Å². The zero-order valence-electron chi connectivity index (χ0n) is 16.7. The molecule has 1 atom stereocenters. The Bertz CT molecular complexity index is 1100. The van der Waals surface area contributed by atoms with E-state index in [1.54, 1.807) is 4.90 Å². The van der Waals surface area contributed by atoms with Gasteiger partial charge in [0.1, 0.15) is 6.04 Å². The summed E-state index contributed by atoms with van der Waals surface area (Å²) in [6.07, 6.45) is 1.18. The fourth-order valence-corrected chi connectivity index (χ4v) is 6.56. The number of carbonyl (C=O) groups excluding carboxylic acids is 2. The second kappa shape index (κ2) is 8.73. The lowest BCUT2D eigenvalue weighted by Gasteiger charge is -2.24. The number of thiazole rings is 1. The van der Waals surface area contributed by atoms with Gasteiger partial charge in [-0.25, -0.2) is 18.2 Å². The molecule has 4 rings (SSSR count). The molecular formula is C19H21ClN4O5S2. The predicted molar refractivity (Wildman–Crippen MR) is 116 cm³/mol. The van der Waals surface area contributed by atoms with Crippen molar-refractivity contribution in [1.82, 2.24) is 14.2 Å². The molecule has 1 unspecified atom stereocenters. The van der Waals surface area contributed by atoms with Crippen LogP contribution in [0, 0.1) is 0 Å². The number of ether oxygens (including phenoxy) is 1. The van der Waals surface area contributed by atoms with Gasteiger partial charge in [0.2, 0.25) is 15.9 Å². The SMILES string of the molecule is COC(=O)N1CCc2nc(NC(=O)C3CCCN3S(=O)(=O)c3ccc(Cl)cc3)sc2C1. The molecule has 0 aliphatic carbocycles. The summed E-state index contributed by atoms with van der Waals surface area (Å²) in [6.45, 7) is 1.13. The van der Waals surface area contributed by atoms with Gasteiger partial charge in [-0.1, -0.05) is 22.9 Å². The van der Waals surface area contributed by atoms with Gasteiger partial charge >= 0.3 is 6.09 Å². The first-order chi connectivity index (χ1) is 14.8. The highest BCUT2D eigenvalue weighted by molar-refractivity contribution is 7.89. The maximum Gasteiger partial charge on any atom is 0.409 e. The Labute approximate surface area is 189 Å². The fourth-order valence-electron chi connectivity index (χ4n) is 3.75. The van der Waals surface area contributed by atoms with Crippen molar-refractivity contribution in [2.45, 2.75) is 36.7 Å². The van der Waals surface area contributed by atoms with E-state index >= 15 is 0 Å². The molecule has 2 aromatic rings. The lowest BCUT2D eigenvalue weighted by molar-refractivity contribution is -0.119. The highest BCUT2D eigenvalue weighted by Gasteiger charge is 2.40. The minimum absolute atomic E-state index is 0.101. The highest BCUT2D eigenvalue weighted by Crippen LogP contribution is 2.31. The van der Waals surface area contributed by atoms with Crippen LogP contribution < -0.4 is 5.32 Å². The fraction of sp³-hybridized carbons (Fsp3) is 0.421. The number of amides is 2. The number of hydrogen-bond acceptors (Lipinski definition) is 7. The predicted octanol–water partition coefficient (Wildman–Crippen LogP) is 2.71. The summed E-state index contributed by atoms with van der Waals surface area (Å²) in [5.74, 6) is -0.411. The Morgan fingerprint density at radius 2 is 2.00 bits per heavy atom. The van der Waals surface area contributed by atoms with Crippen LogP contribution in [0.2, 0.25) is 5.02 Å². The number of rotatable bonds is 4. The number of nitrogens with zero attached hydrogens (tertiary/aromatic N) is 3. The van der Waals surface area contributed by atoms with Gasteiger partial charge in [-0.3, -0.25) is 4.79 Å². The number of sulfonamides is 1. The van der Waals surface area contributed by atoms with Crippen molar-refractivity contribution >= 4 is 50.1 Å². The number of methoxy groups -OCH3 is 1. The number of hydrogen-bond donors (Lipinski definition) is 1. The van der Waals surface area contributed by atoms with Crippen molar-refractivity contribution in [3.63, 3.8) is 0 Å². The van der Waals surface area contributed by atoms with E-state index in [1.807, 2.05) is 0 Å². The molecule has 0 bridgehead atoms. The Morgan fingerprint density at radius 1 is 1.26 bits per heavy atom. The first-order valence-corrected chi connectivity index (χ1v) is 12.3. The third kappa shape index (κ3) is 4.40. The molecule has 0 radical (unpaired) electrons. The Kier molecular flexibility index (Phi) is 6.20. The highest BCUT2D eigenvalue weighted by atomic mass is 35.5. The third-order valence-corrected chi connectivity index (χ3v) is 8.49. The maximum absolute atomic E-state index is 13.0. The minimum Gasteiger partial charge on any atom is -0.453 e. The number of anilines is 1. The van der Waals surface area contributed by atoms with Crippen LogP contribution in [0.15, 0.2) is 29.2 Å². The topological polar surface area (TPSA) is 109 Å². The first-order valence-electron chi connectivity index (χ1n) is 9.69. The molecule has 3 heterocycles. The molecule has 31 heavy (non-hydrogen) atoms. The molecule has 9 nitrogen and oxygen atoms in total. The Hall–Kier alpha value is -2.21. The van der Waals surface area contributed by atoms with Crippen molar-refractivity contribution < 1.29 is 22.7 Å². The molecule has 1 saturated heterocycles. The summed E-state index contributed by atoms with van der Waals surface area (Å²) in [6, 6.07) is 5.09. The summed E-state index contributed by atoms with van der Waals surface area (Å²) >= 11 is 7.15. The zero-order valence-corrected chi connectivity index (χ0v) is 19.1. The van der Waals surface area contributed by atoms with Crippen molar-refractivity contribution in [2.75, 3.05) is 25.5 Å². The van der Waals surface area contributed by atoms with Crippen LogP contribution in [0.4, 0.5) is 9.93 Å². The number of aromatic nitrogens is 1. The number of nitrogens with one attached hydrogen (secondary N) is 1. The van der Waals surface area contributed by atoms with E-state index in [0.717, 1.165) is 10.6 Å². The van der Waals surface area contributed by atoms with Crippen LogP contribution in [0.1, 0.15) is 23.4 Å². The number of carbonyl (C=O) groups is 2. The van der Waals surface area contributed by atoms with Crippen LogP contribution in [-0.4, -0.2) is 60.8 Å². The van der Waals surface area contributed by atoms with Crippen LogP contribution in [-0.2, 0) is 32.5 Å². The van der Waals surface area contributed by atoms with E-state index in [0.29, 0.717) is 42.5 Å². The quantitative estimate of drug-likeness (QED) is 0.714. The monoisotopic (exact) mass is 484 g/mol. The van der Waals surface area contributed by atoms with Crippen molar-refractivity contribution in [2.24, 2.45) is 0 Å². The molecule has 0 saturated carbocycles. The average Bonchev–Trinajstić information content (AvgIpc) is 3.40. The van der Waals surface area contributed by atoms with Gasteiger partial charge in [0, 0.05) is 29.4 Å². The molecule has 2 aliphatic heterocycles. The summed E-state index contributed by atoms with van der Waals surface area (Å²) in [5, 5.41) is 3.61. The van der Waals surface area contributed by atoms with E-state index in [4.69, 9.17) is 16.3 Å². The lowest BCUT2D eigenvalue weighted by atomic mass is 10.2. The number of halogens is 1. The minimum atomic E-state index is -3.83. The van der Waals surface area contributed by atoms with Gasteiger partial charge in [0.25, 0.3) is 0 Å². The summed E-state index contributed by atoms with van der Waals surface area (Å²) in [4.78, 5) is 31.7. The molecule has 1 aromatic carbocycles. The van der Waals surface area contributed by atoms with Gasteiger partial charge in [0.05, 0.1) is 24.2 Å². The average molecular weight is 485 g/mol. The lowest BCUT2D eigenvalue weighted by Crippen LogP contribution is -2.43. The summed E-state index contributed by atoms with van der Waals surface area (Å²) in [5.41, 5.74) is 0.831. The molecule has 1 aromatic heterocycles. The Morgan fingerprint density at radius 3 is 2.71 bits per heavy atom. The van der Waals surface area contributed by atoms with E-state index in [1.165, 1.54) is 47.0 Å². The number of benzene rings is 1.